The number of nitrogens with zero attached hydrogens (tertiary/aromatic N) is 1. The molecule has 33 heavy (non-hydrogen) atoms. The first-order valence-corrected chi connectivity index (χ1v) is 13.7. The summed E-state index contributed by atoms with van der Waals surface area (Å²) in [6.45, 7) is 0. The number of anilines is 3. The molecule has 1 nitrogen and oxygen atoms in total. The molecule has 6 rings (SSSR count). The first kappa shape index (κ1) is 21.1. The average Bonchev–Trinajstić information content (AvgIpc) is 3.40. The molecule has 0 aliphatic rings. The van der Waals surface area contributed by atoms with Crippen molar-refractivity contribution in [3.63, 3.8) is 0 Å². The second-order valence-electron chi connectivity index (χ2n) is 7.79. The third-order valence-electron chi connectivity index (χ3n) is 5.70. The van der Waals surface area contributed by atoms with Crippen molar-refractivity contribution in [2.45, 2.75) is 0 Å². The van der Waals surface area contributed by atoms with Crippen molar-refractivity contribution in [2.75, 3.05) is 4.90 Å². The summed E-state index contributed by atoms with van der Waals surface area (Å²) in [7, 11) is 0. The molecule has 5 heteroatoms. The van der Waals surface area contributed by atoms with Gasteiger partial charge in [0.1, 0.15) is 0 Å². The molecule has 0 aliphatic heterocycles. The van der Waals surface area contributed by atoms with E-state index in [0.717, 1.165) is 24.6 Å². The van der Waals surface area contributed by atoms with Crippen LogP contribution in [0.3, 0.4) is 0 Å². The van der Waals surface area contributed by atoms with Crippen molar-refractivity contribution in [3.05, 3.63) is 111 Å². The van der Waals surface area contributed by atoms with E-state index in [1.54, 1.807) is 22.7 Å². The van der Waals surface area contributed by atoms with Crippen LogP contribution in [-0.4, -0.2) is 0 Å². The highest BCUT2D eigenvalue weighted by molar-refractivity contribution is 9.11. The summed E-state index contributed by atoms with van der Waals surface area (Å²) in [4.78, 5) is 2.34. The third-order valence-corrected chi connectivity index (χ3v) is 8.90. The van der Waals surface area contributed by atoms with E-state index in [2.05, 4.69) is 140 Å². The Morgan fingerprint density at radius 3 is 1.52 bits per heavy atom. The van der Waals surface area contributed by atoms with Gasteiger partial charge in [-0.25, -0.2) is 0 Å². The highest BCUT2D eigenvalue weighted by Crippen LogP contribution is 2.41. The van der Waals surface area contributed by atoms with Crippen molar-refractivity contribution in [1.29, 1.82) is 0 Å². The molecule has 0 radical (unpaired) electrons. The highest BCUT2D eigenvalue weighted by Gasteiger charge is 2.15. The van der Waals surface area contributed by atoms with Gasteiger partial charge in [0.2, 0.25) is 0 Å². The first-order chi connectivity index (χ1) is 16.1. The van der Waals surface area contributed by atoms with Crippen LogP contribution in [0.5, 0.6) is 0 Å². The largest absolute Gasteiger partial charge is 0.310 e. The molecule has 4 aromatic carbocycles. The fraction of sp³-hybridized carbons (Fsp3) is 0. The molecule has 0 aliphatic carbocycles. The molecule has 2 heterocycles. The number of rotatable bonds is 4. The van der Waals surface area contributed by atoms with E-state index in [-0.39, 0.29) is 0 Å². The lowest BCUT2D eigenvalue weighted by atomic mass is 10.0. The fourth-order valence-electron chi connectivity index (χ4n) is 4.13. The SMILES string of the molecule is Brc1cc2ccc(N(c3ccc(-c4ccccc4)cc3)c3ccc4cc(Br)sc4c3)cc2s1. The van der Waals surface area contributed by atoms with Gasteiger partial charge in [-0.05, 0) is 102 Å². The molecule has 0 saturated carbocycles. The predicted octanol–water partition coefficient (Wildman–Crippen LogP) is 10.8. The van der Waals surface area contributed by atoms with Crippen LogP contribution in [0.4, 0.5) is 17.1 Å². The van der Waals surface area contributed by atoms with E-state index in [1.165, 1.54) is 31.3 Å². The number of hydrogen-bond donors (Lipinski definition) is 0. The van der Waals surface area contributed by atoms with Crippen LogP contribution >= 0.6 is 54.5 Å². The predicted molar refractivity (Wildman–Crippen MR) is 153 cm³/mol. The quantitative estimate of drug-likeness (QED) is 0.197. The molecular weight excluding hydrogens is 574 g/mol. The number of halogens is 2. The Bertz CT molecular complexity index is 1500. The Kier molecular flexibility index (Phi) is 5.59. The Morgan fingerprint density at radius 2 is 0.970 bits per heavy atom. The van der Waals surface area contributed by atoms with Gasteiger partial charge in [0.15, 0.2) is 0 Å². The molecule has 0 saturated heterocycles. The van der Waals surface area contributed by atoms with Gasteiger partial charge in [-0.15, -0.1) is 22.7 Å². The van der Waals surface area contributed by atoms with Crippen LogP contribution < -0.4 is 4.90 Å². The van der Waals surface area contributed by atoms with E-state index in [1.807, 2.05) is 0 Å². The van der Waals surface area contributed by atoms with Crippen LogP contribution in [0.15, 0.2) is 111 Å². The van der Waals surface area contributed by atoms with E-state index in [0.29, 0.717) is 0 Å². The topological polar surface area (TPSA) is 3.24 Å². The van der Waals surface area contributed by atoms with Gasteiger partial charge in [0.05, 0.1) is 7.57 Å². The first-order valence-electron chi connectivity index (χ1n) is 10.5. The van der Waals surface area contributed by atoms with E-state index in [9.17, 15) is 0 Å². The number of hydrogen-bond acceptors (Lipinski definition) is 3. The molecule has 0 fully saturated rings. The lowest BCUT2D eigenvalue weighted by molar-refractivity contribution is 1.30. The zero-order chi connectivity index (χ0) is 22.4. The van der Waals surface area contributed by atoms with Crippen molar-refractivity contribution in [3.8, 4) is 11.1 Å². The van der Waals surface area contributed by atoms with Crippen LogP contribution in [0.2, 0.25) is 0 Å². The summed E-state index contributed by atoms with van der Waals surface area (Å²) in [5.74, 6) is 0. The molecule has 0 atom stereocenters. The van der Waals surface area contributed by atoms with Crippen LogP contribution in [-0.2, 0) is 0 Å². The number of thiophene rings is 2. The van der Waals surface area contributed by atoms with E-state index in [4.69, 9.17) is 0 Å². The molecule has 0 spiro atoms. The van der Waals surface area contributed by atoms with Crippen molar-refractivity contribution >= 4 is 91.8 Å². The van der Waals surface area contributed by atoms with Gasteiger partial charge >= 0.3 is 0 Å². The minimum absolute atomic E-state index is 1.14. The highest BCUT2D eigenvalue weighted by atomic mass is 79.9. The average molecular weight is 591 g/mol. The Labute approximate surface area is 217 Å². The molecule has 0 N–H and O–H groups in total. The maximum atomic E-state index is 3.64. The van der Waals surface area contributed by atoms with Crippen LogP contribution in [0.1, 0.15) is 0 Å². The van der Waals surface area contributed by atoms with Crippen molar-refractivity contribution in [2.24, 2.45) is 0 Å². The lowest BCUT2D eigenvalue weighted by Gasteiger charge is -2.26. The van der Waals surface area contributed by atoms with Gasteiger partial charge in [-0.1, -0.05) is 54.6 Å². The van der Waals surface area contributed by atoms with Gasteiger partial charge in [-0.2, -0.15) is 0 Å². The maximum absolute atomic E-state index is 3.64. The molecule has 0 bridgehead atoms. The van der Waals surface area contributed by atoms with Crippen LogP contribution in [0.25, 0.3) is 31.3 Å². The fourth-order valence-corrected chi connectivity index (χ4v) is 7.31. The number of benzene rings is 4. The molecule has 2 aromatic heterocycles. The van der Waals surface area contributed by atoms with Crippen molar-refractivity contribution in [1.82, 2.24) is 0 Å². The lowest BCUT2D eigenvalue weighted by Crippen LogP contribution is -2.09. The summed E-state index contributed by atoms with van der Waals surface area (Å²) in [6.07, 6.45) is 0. The molecule has 160 valence electrons. The maximum Gasteiger partial charge on any atom is 0.0711 e. The summed E-state index contributed by atoms with van der Waals surface area (Å²) in [6, 6.07) is 37.1. The smallest absolute Gasteiger partial charge is 0.0711 e. The van der Waals surface area contributed by atoms with Crippen LogP contribution in [0, 0.1) is 0 Å². The third kappa shape index (κ3) is 4.15. The van der Waals surface area contributed by atoms with Crippen molar-refractivity contribution < 1.29 is 0 Å². The number of fused-ring (bicyclic) bond motifs is 2. The minimum atomic E-state index is 1.14. The molecule has 0 amide bonds. The van der Waals surface area contributed by atoms with Gasteiger partial charge in [0, 0.05) is 26.5 Å². The summed E-state index contributed by atoms with van der Waals surface area (Å²) >= 11 is 10.8. The Hall–Kier alpha value is -2.44. The second-order valence-corrected chi connectivity index (χ2v) is 12.7. The summed E-state index contributed by atoms with van der Waals surface area (Å²) in [5, 5.41) is 2.51. The summed E-state index contributed by atoms with van der Waals surface area (Å²) in [5.41, 5.74) is 5.89. The van der Waals surface area contributed by atoms with E-state index < -0.39 is 0 Å². The zero-order valence-electron chi connectivity index (χ0n) is 17.3. The van der Waals surface area contributed by atoms with Gasteiger partial charge < -0.3 is 4.90 Å². The van der Waals surface area contributed by atoms with Gasteiger partial charge in [0.25, 0.3) is 0 Å². The molecule has 0 unspecified atom stereocenters. The van der Waals surface area contributed by atoms with Gasteiger partial charge in [-0.3, -0.25) is 0 Å². The standard InChI is InChI=1S/C28H17Br2NS2/c29-27-14-20-8-12-23(16-25(20)32-27)31(24-13-9-21-15-28(30)33-26(21)17-24)22-10-6-19(7-11-22)18-4-2-1-3-5-18/h1-17H. The zero-order valence-corrected chi connectivity index (χ0v) is 22.1. The minimum Gasteiger partial charge on any atom is -0.310 e. The molecule has 6 aromatic rings. The second kappa shape index (κ2) is 8.73. The van der Waals surface area contributed by atoms with E-state index >= 15 is 0 Å². The Balaban J connectivity index is 1.50. The normalized spacial score (nSPS) is 11.3. The molecular formula is C28H17Br2NS2. The summed E-state index contributed by atoms with van der Waals surface area (Å²) < 4.78 is 4.84. The monoisotopic (exact) mass is 589 g/mol. The Morgan fingerprint density at radius 1 is 0.485 bits per heavy atom.